The molecule has 202 valence electrons. The molecular formula is C29H33BrN2O6. The maximum absolute atomic E-state index is 12.7. The van der Waals surface area contributed by atoms with Crippen LogP contribution in [0.15, 0.2) is 46.4 Å². The maximum atomic E-state index is 12.7. The van der Waals surface area contributed by atoms with Crippen LogP contribution in [0.25, 0.3) is 6.08 Å². The molecule has 38 heavy (non-hydrogen) atoms. The second-order valence-electron chi connectivity index (χ2n) is 9.81. The number of benzene rings is 2. The molecule has 0 spiro atoms. The van der Waals surface area contributed by atoms with Crippen LogP contribution in [-0.4, -0.2) is 56.8 Å². The zero-order valence-electron chi connectivity index (χ0n) is 22.2. The zero-order valence-corrected chi connectivity index (χ0v) is 23.8. The third-order valence-corrected chi connectivity index (χ3v) is 6.57. The highest BCUT2D eigenvalue weighted by Gasteiger charge is 2.21. The lowest BCUT2D eigenvalue weighted by atomic mass is 9.87. The molecule has 1 fully saturated rings. The third kappa shape index (κ3) is 8.07. The van der Waals surface area contributed by atoms with Crippen molar-refractivity contribution in [3.63, 3.8) is 0 Å². The predicted molar refractivity (Wildman–Crippen MR) is 147 cm³/mol. The van der Waals surface area contributed by atoms with Crippen molar-refractivity contribution in [1.29, 1.82) is 5.26 Å². The average Bonchev–Trinajstić information content (AvgIpc) is 2.90. The van der Waals surface area contributed by atoms with Crippen molar-refractivity contribution in [2.24, 2.45) is 0 Å². The van der Waals surface area contributed by atoms with Crippen molar-refractivity contribution >= 4 is 33.9 Å². The molecule has 1 saturated heterocycles. The number of amides is 1. The Morgan fingerprint density at radius 1 is 1.11 bits per heavy atom. The first kappa shape index (κ1) is 29.2. The lowest BCUT2D eigenvalue weighted by Gasteiger charge is -2.26. The van der Waals surface area contributed by atoms with Gasteiger partial charge in [0, 0.05) is 19.5 Å². The number of carbonyl (C=O) groups excluding carboxylic acids is 2. The molecule has 1 aliphatic heterocycles. The lowest BCUT2D eigenvalue weighted by molar-refractivity contribution is -0.134. The lowest BCUT2D eigenvalue weighted by Crippen LogP contribution is -2.41. The van der Waals surface area contributed by atoms with Gasteiger partial charge in [-0.25, -0.2) is 0 Å². The number of morpholine rings is 1. The Kier molecular flexibility index (Phi) is 10.3. The maximum Gasteiger partial charge on any atom is 0.311 e. The van der Waals surface area contributed by atoms with Crippen LogP contribution in [-0.2, 0) is 19.7 Å². The van der Waals surface area contributed by atoms with Gasteiger partial charge in [0.2, 0.25) is 0 Å². The van der Waals surface area contributed by atoms with Gasteiger partial charge in [0.25, 0.3) is 5.91 Å². The summed E-state index contributed by atoms with van der Waals surface area (Å²) < 4.78 is 22.8. The molecule has 2 aromatic rings. The molecule has 0 unspecified atom stereocenters. The molecule has 8 nitrogen and oxygen atoms in total. The second kappa shape index (κ2) is 13.4. The topological polar surface area (TPSA) is 98.1 Å². The molecule has 0 atom stereocenters. The molecule has 1 amide bonds. The van der Waals surface area contributed by atoms with Crippen LogP contribution >= 0.6 is 15.9 Å². The normalized spacial score (nSPS) is 14.0. The number of hydrogen-bond acceptors (Lipinski definition) is 7. The summed E-state index contributed by atoms with van der Waals surface area (Å²) in [5, 5.41) is 9.51. The summed E-state index contributed by atoms with van der Waals surface area (Å²) in [5.74, 6) is 0.541. The molecule has 0 aliphatic carbocycles. The SMILES string of the molecule is COc1cc(/C=C(\C#N)C(=O)N2CCOCC2)ccc1OC(=O)CCCOc1ccc(C(C)(C)C)cc1Br. The van der Waals surface area contributed by atoms with E-state index >= 15 is 0 Å². The molecule has 1 aliphatic rings. The van der Waals surface area contributed by atoms with E-state index in [4.69, 9.17) is 18.9 Å². The number of methoxy groups -OCH3 is 1. The van der Waals surface area contributed by atoms with Crippen molar-refractivity contribution in [2.75, 3.05) is 40.0 Å². The van der Waals surface area contributed by atoms with Gasteiger partial charge >= 0.3 is 5.97 Å². The van der Waals surface area contributed by atoms with Crippen LogP contribution in [0.3, 0.4) is 0 Å². The largest absolute Gasteiger partial charge is 0.493 e. The number of halogens is 1. The van der Waals surface area contributed by atoms with Crippen molar-refractivity contribution < 1.29 is 28.5 Å². The first-order chi connectivity index (χ1) is 18.1. The van der Waals surface area contributed by atoms with E-state index in [0.717, 1.165) is 10.2 Å². The number of rotatable bonds is 9. The molecule has 1 heterocycles. The average molecular weight is 585 g/mol. The van der Waals surface area contributed by atoms with E-state index in [-0.39, 0.29) is 29.1 Å². The van der Waals surface area contributed by atoms with Gasteiger partial charge in [-0.15, -0.1) is 0 Å². The minimum absolute atomic E-state index is 0.0124. The van der Waals surface area contributed by atoms with Gasteiger partial charge in [-0.1, -0.05) is 32.9 Å². The van der Waals surface area contributed by atoms with E-state index in [1.165, 1.54) is 18.7 Å². The van der Waals surface area contributed by atoms with E-state index in [1.54, 1.807) is 23.1 Å². The van der Waals surface area contributed by atoms with Crippen molar-refractivity contribution in [1.82, 2.24) is 4.90 Å². The van der Waals surface area contributed by atoms with Crippen LogP contribution in [0.1, 0.15) is 44.7 Å². The Morgan fingerprint density at radius 3 is 2.45 bits per heavy atom. The number of hydrogen-bond donors (Lipinski definition) is 0. The number of esters is 1. The summed E-state index contributed by atoms with van der Waals surface area (Å²) in [4.78, 5) is 26.7. The summed E-state index contributed by atoms with van der Waals surface area (Å²) in [7, 11) is 1.46. The van der Waals surface area contributed by atoms with Gasteiger partial charge in [0.05, 0.1) is 31.4 Å². The molecule has 0 bridgehead atoms. The quantitative estimate of drug-likeness (QED) is 0.130. The molecule has 0 aromatic heterocycles. The smallest absolute Gasteiger partial charge is 0.311 e. The van der Waals surface area contributed by atoms with Gasteiger partial charge < -0.3 is 23.8 Å². The highest BCUT2D eigenvalue weighted by molar-refractivity contribution is 9.10. The highest BCUT2D eigenvalue weighted by atomic mass is 79.9. The van der Waals surface area contributed by atoms with E-state index in [9.17, 15) is 14.9 Å². The molecule has 0 N–H and O–H groups in total. The highest BCUT2D eigenvalue weighted by Crippen LogP contribution is 2.32. The number of nitriles is 1. The fourth-order valence-corrected chi connectivity index (χ4v) is 4.25. The minimum atomic E-state index is -0.419. The van der Waals surface area contributed by atoms with E-state index < -0.39 is 5.97 Å². The van der Waals surface area contributed by atoms with Crippen molar-refractivity contribution in [3.8, 4) is 23.3 Å². The van der Waals surface area contributed by atoms with Crippen molar-refractivity contribution in [2.45, 2.75) is 39.0 Å². The monoisotopic (exact) mass is 584 g/mol. The molecule has 2 aromatic carbocycles. The number of carbonyl (C=O) groups is 2. The first-order valence-electron chi connectivity index (χ1n) is 12.4. The van der Waals surface area contributed by atoms with E-state index in [1.807, 2.05) is 24.3 Å². The molecule has 0 radical (unpaired) electrons. The van der Waals surface area contributed by atoms with E-state index in [0.29, 0.717) is 50.6 Å². The van der Waals surface area contributed by atoms with Gasteiger partial charge in [-0.2, -0.15) is 5.26 Å². The van der Waals surface area contributed by atoms with Crippen LogP contribution < -0.4 is 14.2 Å². The third-order valence-electron chi connectivity index (χ3n) is 5.95. The molecular weight excluding hydrogens is 552 g/mol. The van der Waals surface area contributed by atoms with Crippen molar-refractivity contribution in [3.05, 3.63) is 57.6 Å². The Morgan fingerprint density at radius 2 is 1.82 bits per heavy atom. The summed E-state index contributed by atoms with van der Waals surface area (Å²) in [6.07, 6.45) is 2.13. The summed E-state index contributed by atoms with van der Waals surface area (Å²) in [6, 6.07) is 12.9. The zero-order chi connectivity index (χ0) is 27.7. The Labute approximate surface area is 232 Å². The number of ether oxygens (including phenoxy) is 4. The molecule has 0 saturated carbocycles. The van der Waals surface area contributed by atoms with Gasteiger partial charge in [-0.3, -0.25) is 9.59 Å². The standard InChI is InChI=1S/C29H33BrN2O6/c1-29(2,3)22-8-10-24(23(30)18-22)37-13-5-6-27(33)38-25-9-7-20(17-26(25)35-4)16-21(19-31)28(34)32-11-14-36-15-12-32/h7-10,16-18H,5-6,11-15H2,1-4H3/b21-16+. The minimum Gasteiger partial charge on any atom is -0.493 e. The number of nitrogens with zero attached hydrogens (tertiary/aromatic N) is 2. The Bertz CT molecular complexity index is 1220. The summed E-state index contributed by atoms with van der Waals surface area (Å²) in [5.41, 5.74) is 1.83. The summed E-state index contributed by atoms with van der Waals surface area (Å²) in [6.45, 7) is 8.60. The van der Waals surface area contributed by atoms with Gasteiger partial charge in [0.1, 0.15) is 17.4 Å². The van der Waals surface area contributed by atoms with Crippen LogP contribution in [0.4, 0.5) is 0 Å². The summed E-state index contributed by atoms with van der Waals surface area (Å²) >= 11 is 3.56. The van der Waals surface area contributed by atoms with Crippen LogP contribution in [0.5, 0.6) is 17.2 Å². The fraction of sp³-hybridized carbons (Fsp3) is 0.414. The second-order valence-corrected chi connectivity index (χ2v) is 10.7. The molecule has 3 rings (SSSR count). The Hall–Kier alpha value is -3.35. The fourth-order valence-electron chi connectivity index (χ4n) is 3.76. The predicted octanol–water partition coefficient (Wildman–Crippen LogP) is 5.29. The Balaban J connectivity index is 1.55. The first-order valence-corrected chi connectivity index (χ1v) is 13.2. The van der Waals surface area contributed by atoms with Gasteiger partial charge in [0.15, 0.2) is 11.5 Å². The molecule has 9 heteroatoms. The van der Waals surface area contributed by atoms with Crippen LogP contribution in [0, 0.1) is 11.3 Å². The van der Waals surface area contributed by atoms with Crippen LogP contribution in [0.2, 0.25) is 0 Å². The van der Waals surface area contributed by atoms with E-state index in [2.05, 4.69) is 36.7 Å². The van der Waals surface area contributed by atoms with Gasteiger partial charge in [-0.05, 0) is 69.2 Å².